The van der Waals surface area contributed by atoms with Crippen LogP contribution in [0.4, 0.5) is 0 Å². The quantitative estimate of drug-likeness (QED) is 0.583. The zero-order valence-electron chi connectivity index (χ0n) is 12.1. The molecule has 0 aromatic carbocycles. The zero-order chi connectivity index (χ0) is 14.3. The number of aliphatic hydroxyl groups is 1. The number of unbranched alkanes of at least 4 members (excludes halogenated alkanes) is 4. The SMILES string of the molecule is C[C@H]1[C@H](O)NC[C@@H](CCCCCCCC(=O)O)N1C. The molecule has 19 heavy (non-hydrogen) atoms. The number of hydrogen-bond acceptors (Lipinski definition) is 4. The fraction of sp³-hybridized carbons (Fsp3) is 0.929. The summed E-state index contributed by atoms with van der Waals surface area (Å²) in [5.41, 5.74) is 0. The molecule has 0 bridgehead atoms. The highest BCUT2D eigenvalue weighted by atomic mass is 16.4. The molecule has 0 saturated carbocycles. The van der Waals surface area contributed by atoms with Gasteiger partial charge in [0, 0.05) is 25.0 Å². The highest BCUT2D eigenvalue weighted by Crippen LogP contribution is 2.17. The normalized spacial score (nSPS) is 28.5. The van der Waals surface area contributed by atoms with Gasteiger partial charge in [0.15, 0.2) is 0 Å². The predicted molar refractivity (Wildman–Crippen MR) is 75.0 cm³/mol. The highest BCUT2D eigenvalue weighted by Gasteiger charge is 2.29. The average molecular weight is 272 g/mol. The van der Waals surface area contributed by atoms with Gasteiger partial charge in [0.2, 0.25) is 0 Å². The van der Waals surface area contributed by atoms with E-state index >= 15 is 0 Å². The van der Waals surface area contributed by atoms with E-state index in [2.05, 4.69) is 17.3 Å². The first-order valence-electron chi connectivity index (χ1n) is 7.37. The van der Waals surface area contributed by atoms with Crippen molar-refractivity contribution in [2.24, 2.45) is 0 Å². The maximum atomic E-state index is 10.4. The number of likely N-dealkylation sites (N-methyl/N-ethyl adjacent to an activating group) is 1. The fourth-order valence-corrected chi connectivity index (χ4v) is 2.62. The van der Waals surface area contributed by atoms with Gasteiger partial charge >= 0.3 is 5.97 Å². The van der Waals surface area contributed by atoms with Crippen LogP contribution in [0.5, 0.6) is 0 Å². The van der Waals surface area contributed by atoms with E-state index in [9.17, 15) is 9.90 Å². The third-order valence-corrected chi connectivity index (χ3v) is 4.17. The van der Waals surface area contributed by atoms with Crippen LogP contribution >= 0.6 is 0 Å². The Morgan fingerprint density at radius 1 is 1.26 bits per heavy atom. The second-order valence-corrected chi connectivity index (χ2v) is 5.61. The molecule has 1 saturated heterocycles. The van der Waals surface area contributed by atoms with Crippen LogP contribution in [0, 0.1) is 0 Å². The standard InChI is InChI=1S/C14H28N2O3/c1-11-14(19)15-10-12(16(11)2)8-6-4-3-5-7-9-13(17)18/h11-12,14-15,19H,3-10H2,1-2H3,(H,17,18)/t11-,12+,14-/m0/s1. The van der Waals surface area contributed by atoms with Crippen LogP contribution in [0.1, 0.15) is 51.9 Å². The molecule has 0 aromatic heterocycles. The molecule has 0 amide bonds. The van der Waals surface area contributed by atoms with Crippen LogP contribution in [0.15, 0.2) is 0 Å². The van der Waals surface area contributed by atoms with Crippen molar-refractivity contribution in [3.8, 4) is 0 Å². The predicted octanol–water partition coefficient (Wildman–Crippen LogP) is 1.41. The Bertz CT molecular complexity index is 273. The van der Waals surface area contributed by atoms with Gasteiger partial charge < -0.3 is 10.2 Å². The summed E-state index contributed by atoms with van der Waals surface area (Å²) in [5.74, 6) is -0.692. The Labute approximate surface area is 116 Å². The molecule has 1 aliphatic rings. The smallest absolute Gasteiger partial charge is 0.303 e. The molecule has 0 aromatic rings. The van der Waals surface area contributed by atoms with Gasteiger partial charge in [0.1, 0.15) is 6.23 Å². The Balaban J connectivity index is 2.04. The molecule has 3 atom stereocenters. The topological polar surface area (TPSA) is 72.8 Å². The van der Waals surface area contributed by atoms with Crippen LogP contribution in [-0.2, 0) is 4.79 Å². The maximum absolute atomic E-state index is 10.4. The van der Waals surface area contributed by atoms with E-state index in [1.54, 1.807) is 0 Å². The Kier molecular flexibility index (Phi) is 7.34. The van der Waals surface area contributed by atoms with Crippen molar-refractivity contribution in [3.05, 3.63) is 0 Å². The average Bonchev–Trinajstić information content (AvgIpc) is 2.37. The minimum Gasteiger partial charge on any atom is -0.481 e. The summed E-state index contributed by atoms with van der Waals surface area (Å²) in [6, 6.07) is 0.659. The number of nitrogens with one attached hydrogen (secondary N) is 1. The fourth-order valence-electron chi connectivity index (χ4n) is 2.62. The molecule has 5 nitrogen and oxygen atoms in total. The van der Waals surface area contributed by atoms with Crippen molar-refractivity contribution in [1.29, 1.82) is 0 Å². The second-order valence-electron chi connectivity index (χ2n) is 5.61. The van der Waals surface area contributed by atoms with Crippen LogP contribution in [0.3, 0.4) is 0 Å². The molecule has 1 fully saturated rings. The summed E-state index contributed by atoms with van der Waals surface area (Å²) in [5, 5.41) is 21.3. The van der Waals surface area contributed by atoms with Crippen molar-refractivity contribution in [1.82, 2.24) is 10.2 Å². The summed E-state index contributed by atoms with van der Waals surface area (Å²) >= 11 is 0. The van der Waals surface area contributed by atoms with E-state index in [0.29, 0.717) is 12.5 Å². The van der Waals surface area contributed by atoms with Crippen LogP contribution in [0.25, 0.3) is 0 Å². The van der Waals surface area contributed by atoms with Gasteiger partial charge in [-0.15, -0.1) is 0 Å². The molecule has 1 rings (SSSR count). The van der Waals surface area contributed by atoms with E-state index in [-0.39, 0.29) is 6.04 Å². The number of hydrogen-bond donors (Lipinski definition) is 3. The van der Waals surface area contributed by atoms with E-state index in [0.717, 1.165) is 32.2 Å². The van der Waals surface area contributed by atoms with Gasteiger partial charge in [-0.3, -0.25) is 15.0 Å². The van der Waals surface area contributed by atoms with E-state index in [1.165, 1.54) is 12.8 Å². The lowest BCUT2D eigenvalue weighted by Crippen LogP contribution is -2.60. The van der Waals surface area contributed by atoms with E-state index in [4.69, 9.17) is 5.11 Å². The number of aliphatic hydroxyl groups excluding tert-OH is 1. The number of carbonyl (C=O) groups is 1. The molecule has 3 N–H and O–H groups in total. The number of carboxylic acid groups (broad SMARTS) is 1. The summed E-state index contributed by atoms with van der Waals surface area (Å²) < 4.78 is 0. The number of aliphatic carboxylic acids is 1. The molecule has 0 aliphatic carbocycles. The van der Waals surface area contributed by atoms with Crippen molar-refractivity contribution < 1.29 is 15.0 Å². The first kappa shape index (κ1) is 16.4. The largest absolute Gasteiger partial charge is 0.481 e. The van der Waals surface area contributed by atoms with Gasteiger partial charge in [-0.25, -0.2) is 0 Å². The number of nitrogens with zero attached hydrogens (tertiary/aromatic N) is 1. The molecular formula is C14H28N2O3. The molecule has 0 unspecified atom stereocenters. The molecule has 1 heterocycles. The lowest BCUT2D eigenvalue weighted by atomic mass is 10.0. The molecular weight excluding hydrogens is 244 g/mol. The summed E-state index contributed by atoms with van der Waals surface area (Å²) in [6.07, 6.45) is 6.29. The van der Waals surface area contributed by atoms with Crippen LogP contribution < -0.4 is 5.32 Å². The summed E-state index contributed by atoms with van der Waals surface area (Å²) in [7, 11) is 2.08. The van der Waals surface area contributed by atoms with Gasteiger partial charge in [0.05, 0.1) is 0 Å². The molecule has 0 spiro atoms. The lowest BCUT2D eigenvalue weighted by Gasteiger charge is -2.41. The Morgan fingerprint density at radius 2 is 1.89 bits per heavy atom. The summed E-state index contributed by atoms with van der Waals surface area (Å²) in [4.78, 5) is 12.6. The van der Waals surface area contributed by atoms with Crippen LogP contribution in [0.2, 0.25) is 0 Å². The van der Waals surface area contributed by atoms with Crippen molar-refractivity contribution >= 4 is 5.97 Å². The van der Waals surface area contributed by atoms with E-state index < -0.39 is 12.2 Å². The monoisotopic (exact) mass is 272 g/mol. The highest BCUT2D eigenvalue weighted by molar-refractivity contribution is 5.66. The molecule has 5 heteroatoms. The maximum Gasteiger partial charge on any atom is 0.303 e. The Hall–Kier alpha value is -0.650. The van der Waals surface area contributed by atoms with Crippen molar-refractivity contribution in [2.45, 2.75) is 70.2 Å². The van der Waals surface area contributed by atoms with Gasteiger partial charge in [-0.2, -0.15) is 0 Å². The lowest BCUT2D eigenvalue weighted by molar-refractivity contribution is -0.137. The van der Waals surface area contributed by atoms with Gasteiger partial charge in [0.25, 0.3) is 0 Å². The minimum atomic E-state index is -0.692. The Morgan fingerprint density at radius 3 is 2.58 bits per heavy atom. The third kappa shape index (κ3) is 5.89. The molecule has 112 valence electrons. The number of carboxylic acids is 1. The van der Waals surface area contributed by atoms with E-state index in [1.807, 2.05) is 6.92 Å². The van der Waals surface area contributed by atoms with Gasteiger partial charge in [-0.05, 0) is 26.8 Å². The third-order valence-electron chi connectivity index (χ3n) is 4.17. The minimum absolute atomic E-state index is 0.161. The zero-order valence-corrected chi connectivity index (χ0v) is 12.1. The van der Waals surface area contributed by atoms with Crippen molar-refractivity contribution in [2.75, 3.05) is 13.6 Å². The first-order chi connectivity index (χ1) is 9.02. The summed E-state index contributed by atoms with van der Waals surface area (Å²) in [6.45, 7) is 2.89. The van der Waals surface area contributed by atoms with Crippen LogP contribution in [-0.4, -0.2) is 53.0 Å². The second kappa shape index (κ2) is 8.51. The molecule has 0 radical (unpaired) electrons. The van der Waals surface area contributed by atoms with Gasteiger partial charge in [-0.1, -0.05) is 25.7 Å². The van der Waals surface area contributed by atoms with Crippen molar-refractivity contribution in [3.63, 3.8) is 0 Å². The number of rotatable bonds is 8. The first-order valence-corrected chi connectivity index (χ1v) is 7.37. The number of piperazine rings is 1. The molecule has 1 aliphatic heterocycles.